The molecule has 146 valence electrons. The van der Waals surface area contributed by atoms with Crippen molar-refractivity contribution in [2.45, 2.75) is 12.8 Å². The topological polar surface area (TPSA) is 126 Å². The third-order valence-electron chi connectivity index (χ3n) is 6.15. The van der Waals surface area contributed by atoms with Crippen LogP contribution in [0.3, 0.4) is 0 Å². The molecule has 29 heavy (non-hydrogen) atoms. The van der Waals surface area contributed by atoms with Crippen molar-refractivity contribution in [2.75, 3.05) is 26.7 Å². The van der Waals surface area contributed by atoms with Crippen molar-refractivity contribution in [3.63, 3.8) is 0 Å². The highest BCUT2D eigenvalue weighted by atomic mass is 16.5. The summed E-state index contributed by atoms with van der Waals surface area (Å²) in [6.45, 7) is 4.40. The minimum Gasteiger partial charge on any atom is -0.465 e. The van der Waals surface area contributed by atoms with E-state index < -0.39 is 23.2 Å². The van der Waals surface area contributed by atoms with Crippen molar-refractivity contribution in [3.05, 3.63) is 47.0 Å². The van der Waals surface area contributed by atoms with Gasteiger partial charge in [-0.15, -0.1) is 0 Å². The summed E-state index contributed by atoms with van der Waals surface area (Å²) in [7, 11) is 1.30. The molecule has 0 aromatic heterocycles. The molecule has 2 aliphatic rings. The number of benzene rings is 1. The molecule has 1 fully saturated rings. The lowest BCUT2D eigenvalue weighted by Crippen LogP contribution is -3.13. The first-order chi connectivity index (χ1) is 14.0. The summed E-state index contributed by atoms with van der Waals surface area (Å²) in [5.41, 5.74) is 0.0186. The molecular weight excluding hydrogens is 366 g/mol. The maximum Gasteiger partial charge on any atom is 0.337 e. The van der Waals surface area contributed by atoms with Gasteiger partial charge in [-0.1, -0.05) is 12.1 Å². The van der Waals surface area contributed by atoms with E-state index in [-0.39, 0.29) is 11.6 Å². The first-order valence-electron chi connectivity index (χ1n) is 9.50. The number of likely N-dealkylation sites (N-methyl/N-ethyl adjacent to an activating group) is 1. The number of rotatable bonds is 3. The highest BCUT2D eigenvalue weighted by Crippen LogP contribution is 2.52. The van der Waals surface area contributed by atoms with Crippen LogP contribution in [-0.2, 0) is 4.74 Å². The Hall–Kier alpha value is -3.47. The summed E-state index contributed by atoms with van der Waals surface area (Å²) in [5.74, 6) is -2.12. The summed E-state index contributed by atoms with van der Waals surface area (Å²) in [6, 6.07) is 13.0. The number of quaternary nitrogens is 1. The van der Waals surface area contributed by atoms with Crippen molar-refractivity contribution in [2.24, 2.45) is 17.3 Å². The minimum absolute atomic E-state index is 0.158. The fourth-order valence-corrected chi connectivity index (χ4v) is 4.57. The molecule has 1 aromatic rings. The normalized spacial score (nSPS) is 27.4. The van der Waals surface area contributed by atoms with Crippen molar-refractivity contribution < 1.29 is 14.4 Å². The Morgan fingerprint density at radius 3 is 2.45 bits per heavy atom. The molecule has 0 radical (unpaired) electrons. The summed E-state index contributed by atoms with van der Waals surface area (Å²) in [4.78, 5) is 13.1. The fraction of sp³-hybridized carbons (Fsp3) is 0.409. The SMILES string of the molecule is CC[NH+]1CC=C2C(C#N)C(=N)C(C#N)(C#N)[C@H](c3ccc(C(=O)OC)cc3)[C@H]2C1. The number of carbonyl (C=O) groups is 1. The molecule has 2 N–H and O–H groups in total. The van der Waals surface area contributed by atoms with Gasteiger partial charge in [0.25, 0.3) is 0 Å². The number of nitriles is 3. The average molecular weight is 388 g/mol. The predicted octanol–water partition coefficient (Wildman–Crippen LogP) is 1.22. The van der Waals surface area contributed by atoms with Crippen LogP contribution in [0, 0.1) is 56.7 Å². The molecule has 1 aliphatic heterocycles. The van der Waals surface area contributed by atoms with Crippen molar-refractivity contribution in [1.82, 2.24) is 0 Å². The van der Waals surface area contributed by atoms with E-state index >= 15 is 0 Å². The number of carbonyl (C=O) groups excluding carboxylic acids is 1. The van der Waals surface area contributed by atoms with Gasteiger partial charge in [-0.25, -0.2) is 4.79 Å². The molecule has 3 rings (SSSR count). The summed E-state index contributed by atoms with van der Waals surface area (Å²) < 4.78 is 4.74. The van der Waals surface area contributed by atoms with Crippen LogP contribution in [0.5, 0.6) is 0 Å². The van der Waals surface area contributed by atoms with Gasteiger partial charge in [0.1, 0.15) is 5.92 Å². The molecule has 0 bridgehead atoms. The third-order valence-corrected chi connectivity index (χ3v) is 6.15. The second-order valence-corrected chi connectivity index (χ2v) is 7.42. The number of hydrogen-bond donors (Lipinski definition) is 2. The highest BCUT2D eigenvalue weighted by molar-refractivity contribution is 6.00. The zero-order valence-corrected chi connectivity index (χ0v) is 16.4. The molecule has 1 heterocycles. The molecule has 4 atom stereocenters. The molecule has 2 unspecified atom stereocenters. The van der Waals surface area contributed by atoms with Gasteiger partial charge in [-0.3, -0.25) is 0 Å². The second-order valence-electron chi connectivity index (χ2n) is 7.42. The Morgan fingerprint density at radius 1 is 1.28 bits per heavy atom. The summed E-state index contributed by atoms with van der Waals surface area (Å²) >= 11 is 0. The van der Waals surface area contributed by atoms with E-state index in [2.05, 4.69) is 25.1 Å². The number of nitrogens with zero attached hydrogens (tertiary/aromatic N) is 3. The van der Waals surface area contributed by atoms with E-state index in [1.807, 2.05) is 6.08 Å². The minimum atomic E-state index is -1.73. The number of esters is 1. The van der Waals surface area contributed by atoms with Gasteiger partial charge in [-0.2, -0.15) is 15.8 Å². The number of nitrogens with one attached hydrogen (secondary N) is 2. The largest absolute Gasteiger partial charge is 0.465 e. The molecule has 1 saturated carbocycles. The zero-order chi connectivity index (χ0) is 21.2. The Morgan fingerprint density at radius 2 is 1.93 bits per heavy atom. The first kappa shape index (κ1) is 20.3. The van der Waals surface area contributed by atoms with E-state index in [0.29, 0.717) is 17.7 Å². The van der Waals surface area contributed by atoms with E-state index in [1.165, 1.54) is 12.0 Å². The zero-order valence-electron chi connectivity index (χ0n) is 16.4. The quantitative estimate of drug-likeness (QED) is 0.595. The van der Waals surface area contributed by atoms with E-state index in [0.717, 1.165) is 18.7 Å². The van der Waals surface area contributed by atoms with Crippen LogP contribution in [0.25, 0.3) is 0 Å². The van der Waals surface area contributed by atoms with E-state index in [9.17, 15) is 20.6 Å². The van der Waals surface area contributed by atoms with Crippen LogP contribution in [-0.4, -0.2) is 38.4 Å². The van der Waals surface area contributed by atoms with Gasteiger partial charge >= 0.3 is 5.97 Å². The van der Waals surface area contributed by atoms with Gasteiger partial charge in [0.05, 0.1) is 56.2 Å². The Balaban J connectivity index is 2.19. The molecule has 1 aliphatic carbocycles. The monoisotopic (exact) mass is 388 g/mol. The first-order valence-corrected chi connectivity index (χ1v) is 9.50. The van der Waals surface area contributed by atoms with Crippen LogP contribution in [0.15, 0.2) is 35.9 Å². The van der Waals surface area contributed by atoms with Gasteiger partial charge in [0, 0.05) is 11.8 Å². The standard InChI is InChI=1S/C22H21N5O2/c1-3-27-9-8-16-17(10-23)20(26)22(12-24,13-25)19(18(16)11-27)14-4-6-15(7-5-14)21(28)29-2/h4-8,17-19,26H,3,9,11H2,1-2H3/p+1/t17?,18-,19+/m0/s1. The Kier molecular flexibility index (Phi) is 5.50. The number of hydrogen-bond acceptors (Lipinski definition) is 6. The smallest absolute Gasteiger partial charge is 0.337 e. The highest BCUT2D eigenvalue weighted by Gasteiger charge is 2.58. The van der Waals surface area contributed by atoms with E-state index in [4.69, 9.17) is 10.1 Å². The lowest BCUT2D eigenvalue weighted by molar-refractivity contribution is -0.897. The van der Waals surface area contributed by atoms with Crippen LogP contribution in [0.2, 0.25) is 0 Å². The number of ether oxygens (including phenoxy) is 1. The molecule has 7 heteroatoms. The van der Waals surface area contributed by atoms with E-state index in [1.54, 1.807) is 24.3 Å². The molecule has 0 spiro atoms. The van der Waals surface area contributed by atoms with Crippen LogP contribution in [0.4, 0.5) is 0 Å². The Labute approximate surface area is 169 Å². The summed E-state index contributed by atoms with van der Waals surface area (Å²) in [5, 5.41) is 38.4. The van der Waals surface area contributed by atoms with Crippen LogP contribution >= 0.6 is 0 Å². The predicted molar refractivity (Wildman–Crippen MR) is 104 cm³/mol. The number of fused-ring (bicyclic) bond motifs is 1. The molecule has 0 amide bonds. The van der Waals surface area contributed by atoms with Crippen molar-refractivity contribution in [3.8, 4) is 18.2 Å². The fourth-order valence-electron chi connectivity index (χ4n) is 4.57. The molecule has 7 nitrogen and oxygen atoms in total. The maximum atomic E-state index is 11.8. The van der Waals surface area contributed by atoms with Gasteiger partial charge in [-0.05, 0) is 36.3 Å². The van der Waals surface area contributed by atoms with Gasteiger partial charge in [0.2, 0.25) is 0 Å². The molecule has 1 aromatic carbocycles. The average Bonchev–Trinajstić information content (AvgIpc) is 2.77. The van der Waals surface area contributed by atoms with Crippen molar-refractivity contribution in [1.29, 1.82) is 21.2 Å². The Bertz CT molecular complexity index is 976. The number of methoxy groups -OCH3 is 1. The maximum absolute atomic E-state index is 11.8. The third kappa shape index (κ3) is 3.09. The molecular formula is C22H22N5O2+. The second kappa shape index (κ2) is 7.87. The lowest BCUT2D eigenvalue weighted by atomic mass is 9.54. The van der Waals surface area contributed by atoms with Crippen LogP contribution in [0.1, 0.15) is 28.8 Å². The van der Waals surface area contributed by atoms with Gasteiger partial charge in [0.15, 0.2) is 5.41 Å². The molecule has 0 saturated heterocycles. The lowest BCUT2D eigenvalue weighted by Gasteiger charge is -2.46. The van der Waals surface area contributed by atoms with Crippen LogP contribution < -0.4 is 4.90 Å². The van der Waals surface area contributed by atoms with Crippen molar-refractivity contribution >= 4 is 11.7 Å². The summed E-state index contributed by atoms with van der Waals surface area (Å²) in [6.07, 6.45) is 2.00. The van der Waals surface area contributed by atoms with Gasteiger partial charge < -0.3 is 15.0 Å².